The smallest absolute Gasteiger partial charge is 0.137 e. The standard InChI is InChI=1S/C13H17N3OS/c1-9(2)17-12-6-5-10(7-11(12)8-14)13(18-4)16-15-3/h5-7,9,15H,1-4H3. The van der Waals surface area contributed by atoms with Crippen molar-refractivity contribution in [3.8, 4) is 11.8 Å². The van der Waals surface area contributed by atoms with Crippen LogP contribution in [0.2, 0.25) is 0 Å². The van der Waals surface area contributed by atoms with Gasteiger partial charge in [-0.3, -0.25) is 0 Å². The highest BCUT2D eigenvalue weighted by atomic mass is 32.2. The lowest BCUT2D eigenvalue weighted by atomic mass is 10.1. The Kier molecular flexibility index (Phi) is 5.53. The summed E-state index contributed by atoms with van der Waals surface area (Å²) < 4.78 is 5.58. The van der Waals surface area contributed by atoms with Gasteiger partial charge in [-0.15, -0.1) is 11.8 Å². The number of rotatable bonds is 4. The first-order chi connectivity index (χ1) is 8.62. The van der Waals surface area contributed by atoms with Crippen LogP contribution in [0.5, 0.6) is 5.75 Å². The van der Waals surface area contributed by atoms with E-state index in [1.54, 1.807) is 13.1 Å². The van der Waals surface area contributed by atoms with Crippen molar-refractivity contribution in [2.24, 2.45) is 5.10 Å². The number of nitrogens with one attached hydrogen (secondary N) is 1. The largest absolute Gasteiger partial charge is 0.490 e. The second-order valence-corrected chi connectivity index (χ2v) is 4.63. The molecule has 4 nitrogen and oxygen atoms in total. The first-order valence-electron chi connectivity index (χ1n) is 5.62. The average Bonchev–Trinajstić information content (AvgIpc) is 2.36. The van der Waals surface area contributed by atoms with E-state index in [1.807, 2.05) is 32.2 Å². The van der Waals surface area contributed by atoms with Crippen molar-refractivity contribution < 1.29 is 4.74 Å². The van der Waals surface area contributed by atoms with Crippen LogP contribution in [0.15, 0.2) is 23.3 Å². The van der Waals surface area contributed by atoms with Gasteiger partial charge in [0.2, 0.25) is 0 Å². The Bertz CT molecular complexity index is 478. The second-order valence-electron chi connectivity index (χ2n) is 3.83. The molecular weight excluding hydrogens is 246 g/mol. The highest BCUT2D eigenvalue weighted by molar-refractivity contribution is 8.13. The Hall–Kier alpha value is -1.67. The maximum atomic E-state index is 9.15. The fourth-order valence-electron chi connectivity index (χ4n) is 1.44. The Morgan fingerprint density at radius 3 is 2.72 bits per heavy atom. The first kappa shape index (κ1) is 14.4. The van der Waals surface area contributed by atoms with Crippen molar-refractivity contribution >= 4 is 16.8 Å². The molecule has 1 aromatic rings. The average molecular weight is 263 g/mol. The van der Waals surface area contributed by atoms with Crippen molar-refractivity contribution in [2.45, 2.75) is 20.0 Å². The van der Waals surface area contributed by atoms with E-state index in [-0.39, 0.29) is 6.10 Å². The molecule has 0 unspecified atom stereocenters. The number of thioether (sulfide) groups is 1. The van der Waals surface area contributed by atoms with Crippen LogP contribution in [-0.2, 0) is 0 Å². The van der Waals surface area contributed by atoms with E-state index in [9.17, 15) is 0 Å². The molecule has 5 heteroatoms. The van der Waals surface area contributed by atoms with Crippen molar-refractivity contribution in [1.29, 1.82) is 5.26 Å². The third-order valence-electron chi connectivity index (χ3n) is 2.12. The summed E-state index contributed by atoms with van der Waals surface area (Å²) in [6, 6.07) is 7.67. The molecule has 0 bridgehead atoms. The second kappa shape index (κ2) is 6.92. The molecule has 0 saturated heterocycles. The predicted octanol–water partition coefficient (Wildman–Crippen LogP) is 2.59. The zero-order valence-corrected chi connectivity index (χ0v) is 11.8. The van der Waals surface area contributed by atoms with Gasteiger partial charge in [0.05, 0.1) is 11.7 Å². The molecule has 0 aliphatic carbocycles. The topological polar surface area (TPSA) is 57.4 Å². The Morgan fingerprint density at radius 2 is 2.22 bits per heavy atom. The monoisotopic (exact) mass is 263 g/mol. The molecule has 0 radical (unpaired) electrons. The van der Waals surface area contributed by atoms with Gasteiger partial charge >= 0.3 is 0 Å². The van der Waals surface area contributed by atoms with Gasteiger partial charge in [0.15, 0.2) is 0 Å². The van der Waals surface area contributed by atoms with Gasteiger partial charge in [0, 0.05) is 12.6 Å². The van der Waals surface area contributed by atoms with Crippen LogP contribution in [0, 0.1) is 11.3 Å². The van der Waals surface area contributed by atoms with Crippen LogP contribution in [0.4, 0.5) is 0 Å². The van der Waals surface area contributed by atoms with E-state index in [1.165, 1.54) is 11.8 Å². The molecule has 0 amide bonds. The molecule has 1 rings (SSSR count). The van der Waals surface area contributed by atoms with Gasteiger partial charge in [-0.1, -0.05) is 0 Å². The zero-order valence-electron chi connectivity index (χ0n) is 11.0. The Morgan fingerprint density at radius 1 is 1.50 bits per heavy atom. The molecule has 1 N–H and O–H groups in total. The lowest BCUT2D eigenvalue weighted by molar-refractivity contribution is 0.241. The van der Waals surface area contributed by atoms with E-state index >= 15 is 0 Å². The summed E-state index contributed by atoms with van der Waals surface area (Å²) in [5.41, 5.74) is 4.19. The number of nitrogens with zero attached hydrogens (tertiary/aromatic N) is 2. The minimum Gasteiger partial charge on any atom is -0.490 e. The molecule has 0 atom stereocenters. The summed E-state index contributed by atoms with van der Waals surface area (Å²) in [4.78, 5) is 0. The van der Waals surface area contributed by atoms with Gasteiger partial charge in [-0.05, 0) is 38.3 Å². The number of hydrogen-bond donors (Lipinski definition) is 1. The number of benzene rings is 1. The van der Waals surface area contributed by atoms with E-state index in [0.29, 0.717) is 11.3 Å². The van der Waals surface area contributed by atoms with E-state index in [4.69, 9.17) is 10.00 Å². The number of hydrazone groups is 1. The SMILES string of the molecule is CNN=C(SC)c1ccc(OC(C)C)c(C#N)c1. The molecule has 96 valence electrons. The van der Waals surface area contributed by atoms with Crippen LogP contribution < -0.4 is 10.2 Å². The van der Waals surface area contributed by atoms with Gasteiger partial charge in [-0.25, -0.2) is 0 Å². The Balaban J connectivity index is 3.13. The van der Waals surface area contributed by atoms with Crippen LogP contribution >= 0.6 is 11.8 Å². The molecule has 0 aromatic heterocycles. The maximum absolute atomic E-state index is 9.15. The minimum absolute atomic E-state index is 0.0500. The summed E-state index contributed by atoms with van der Waals surface area (Å²) in [5, 5.41) is 14.1. The third kappa shape index (κ3) is 3.67. The molecule has 0 saturated carbocycles. The summed E-state index contributed by atoms with van der Waals surface area (Å²) in [6.07, 6.45) is 2.00. The molecule has 0 heterocycles. The van der Waals surface area contributed by atoms with E-state index in [2.05, 4.69) is 16.6 Å². The number of hydrogen-bond acceptors (Lipinski definition) is 5. The molecule has 1 aromatic carbocycles. The minimum atomic E-state index is 0.0500. The van der Waals surface area contributed by atoms with Gasteiger partial charge in [-0.2, -0.15) is 10.4 Å². The summed E-state index contributed by atoms with van der Waals surface area (Å²) in [6.45, 7) is 3.87. The zero-order chi connectivity index (χ0) is 13.5. The summed E-state index contributed by atoms with van der Waals surface area (Å²) in [7, 11) is 1.75. The van der Waals surface area contributed by atoms with Crippen molar-refractivity contribution in [2.75, 3.05) is 13.3 Å². The molecule has 0 aliphatic rings. The predicted molar refractivity (Wildman–Crippen MR) is 76.0 cm³/mol. The Labute approximate surface area is 112 Å². The number of nitriles is 1. The lowest BCUT2D eigenvalue weighted by Gasteiger charge is -2.12. The quantitative estimate of drug-likeness (QED) is 0.515. The maximum Gasteiger partial charge on any atom is 0.137 e. The molecule has 0 fully saturated rings. The fourth-order valence-corrected chi connectivity index (χ4v) is 1.98. The lowest BCUT2D eigenvalue weighted by Crippen LogP contribution is -2.08. The van der Waals surface area contributed by atoms with Crippen LogP contribution in [-0.4, -0.2) is 24.5 Å². The number of ether oxygens (including phenoxy) is 1. The molecular formula is C13H17N3OS. The van der Waals surface area contributed by atoms with Gasteiger partial charge in [0.1, 0.15) is 16.9 Å². The van der Waals surface area contributed by atoms with Crippen molar-refractivity contribution in [3.05, 3.63) is 29.3 Å². The van der Waals surface area contributed by atoms with Crippen LogP contribution in [0.3, 0.4) is 0 Å². The van der Waals surface area contributed by atoms with E-state index in [0.717, 1.165) is 10.6 Å². The first-order valence-corrected chi connectivity index (χ1v) is 6.84. The highest BCUT2D eigenvalue weighted by Gasteiger charge is 2.09. The normalized spacial score (nSPS) is 11.2. The third-order valence-corrected chi connectivity index (χ3v) is 2.83. The summed E-state index contributed by atoms with van der Waals surface area (Å²) >= 11 is 1.52. The molecule has 18 heavy (non-hydrogen) atoms. The van der Waals surface area contributed by atoms with Gasteiger partial charge < -0.3 is 10.2 Å². The van der Waals surface area contributed by atoms with Crippen LogP contribution in [0.1, 0.15) is 25.0 Å². The summed E-state index contributed by atoms with van der Waals surface area (Å²) in [5.74, 6) is 0.612. The van der Waals surface area contributed by atoms with Crippen molar-refractivity contribution in [1.82, 2.24) is 5.43 Å². The highest BCUT2D eigenvalue weighted by Crippen LogP contribution is 2.22. The van der Waals surface area contributed by atoms with Gasteiger partial charge in [0.25, 0.3) is 0 Å². The fraction of sp³-hybridized carbons (Fsp3) is 0.385. The molecule has 0 aliphatic heterocycles. The van der Waals surface area contributed by atoms with E-state index < -0.39 is 0 Å². The van der Waals surface area contributed by atoms with Crippen LogP contribution in [0.25, 0.3) is 0 Å². The van der Waals surface area contributed by atoms with Crippen molar-refractivity contribution in [3.63, 3.8) is 0 Å². The molecule has 0 spiro atoms.